The lowest BCUT2D eigenvalue weighted by molar-refractivity contribution is -0.0162. The van der Waals surface area contributed by atoms with E-state index in [1.807, 2.05) is 24.3 Å². The van der Waals surface area contributed by atoms with Gasteiger partial charge in [0.1, 0.15) is 5.75 Å². The zero-order valence-corrected chi connectivity index (χ0v) is 10.9. The Morgan fingerprint density at radius 3 is 2.68 bits per heavy atom. The Bertz CT molecular complexity index is 534. The third kappa shape index (κ3) is 2.07. The van der Waals surface area contributed by atoms with Crippen molar-refractivity contribution in [2.45, 2.75) is 12.8 Å². The molecule has 1 aliphatic carbocycles. The maximum atomic E-state index is 10.8. The topological polar surface area (TPSA) is 49.8 Å². The Morgan fingerprint density at radius 1 is 1.37 bits per heavy atom. The first-order valence-electron chi connectivity index (χ1n) is 6.42. The molecule has 100 valence electrons. The van der Waals surface area contributed by atoms with Gasteiger partial charge in [0.15, 0.2) is 0 Å². The fourth-order valence-corrected chi connectivity index (χ4v) is 3.14. The van der Waals surface area contributed by atoms with Gasteiger partial charge in [0, 0.05) is 24.1 Å². The Hall–Kier alpha value is -1.97. The number of likely N-dealkylation sites (tertiary alicyclic amines) is 1. The van der Waals surface area contributed by atoms with Crippen molar-refractivity contribution in [3.05, 3.63) is 35.4 Å². The van der Waals surface area contributed by atoms with E-state index < -0.39 is 6.09 Å². The van der Waals surface area contributed by atoms with Crippen molar-refractivity contribution >= 4 is 12.2 Å². The summed E-state index contributed by atoms with van der Waals surface area (Å²) in [5.41, 5.74) is 2.71. The molecule has 1 saturated carbocycles. The maximum Gasteiger partial charge on any atom is 0.407 e. The predicted octanol–water partition coefficient (Wildman–Crippen LogP) is 2.85. The average Bonchev–Trinajstić information content (AvgIpc) is 2.30. The number of hydrogen-bond donors (Lipinski definition) is 1. The first-order valence-corrected chi connectivity index (χ1v) is 6.42. The van der Waals surface area contributed by atoms with Gasteiger partial charge in [0.2, 0.25) is 0 Å². The van der Waals surface area contributed by atoms with Gasteiger partial charge in [0.25, 0.3) is 0 Å². The average molecular weight is 259 g/mol. The van der Waals surface area contributed by atoms with Crippen LogP contribution >= 0.6 is 0 Å². The summed E-state index contributed by atoms with van der Waals surface area (Å²) in [5, 5.41) is 8.85. The highest BCUT2D eigenvalue weighted by Gasteiger charge is 2.51. The van der Waals surface area contributed by atoms with Crippen LogP contribution in [0, 0.1) is 5.41 Å². The minimum atomic E-state index is -0.798. The smallest absolute Gasteiger partial charge is 0.407 e. The van der Waals surface area contributed by atoms with Crippen LogP contribution in [-0.2, 0) is 0 Å². The number of para-hydroxylation sites is 1. The molecular weight excluding hydrogens is 242 g/mol. The van der Waals surface area contributed by atoms with E-state index in [-0.39, 0.29) is 5.41 Å². The van der Waals surface area contributed by atoms with E-state index in [0.29, 0.717) is 13.1 Å². The summed E-state index contributed by atoms with van der Waals surface area (Å²) >= 11 is 0. The first-order chi connectivity index (χ1) is 9.12. The SMILES string of the molecule is COc1ccccc1C=C1CC2(C1)CN(C(=O)O)C2. The molecule has 1 N–H and O–H groups in total. The van der Waals surface area contributed by atoms with Crippen LogP contribution < -0.4 is 4.74 Å². The molecule has 19 heavy (non-hydrogen) atoms. The van der Waals surface area contributed by atoms with Gasteiger partial charge in [-0.25, -0.2) is 4.79 Å². The fourth-order valence-electron chi connectivity index (χ4n) is 3.14. The zero-order chi connectivity index (χ0) is 13.5. The number of amides is 1. The quantitative estimate of drug-likeness (QED) is 0.888. The van der Waals surface area contributed by atoms with Crippen molar-refractivity contribution in [3.63, 3.8) is 0 Å². The summed E-state index contributed by atoms with van der Waals surface area (Å²) in [7, 11) is 1.68. The van der Waals surface area contributed by atoms with Gasteiger partial charge in [0.05, 0.1) is 7.11 Å². The van der Waals surface area contributed by atoms with E-state index in [4.69, 9.17) is 9.84 Å². The molecule has 0 radical (unpaired) electrons. The van der Waals surface area contributed by atoms with E-state index in [1.165, 1.54) is 10.5 Å². The van der Waals surface area contributed by atoms with Gasteiger partial charge < -0.3 is 14.7 Å². The molecule has 2 fully saturated rings. The van der Waals surface area contributed by atoms with E-state index >= 15 is 0 Å². The molecule has 0 aromatic heterocycles. The van der Waals surface area contributed by atoms with Gasteiger partial charge in [-0.1, -0.05) is 29.8 Å². The Labute approximate surface area is 112 Å². The minimum Gasteiger partial charge on any atom is -0.496 e. The summed E-state index contributed by atoms with van der Waals surface area (Å²) in [4.78, 5) is 12.2. The van der Waals surface area contributed by atoms with Crippen LogP contribution in [0.2, 0.25) is 0 Å². The lowest BCUT2D eigenvalue weighted by atomic mass is 9.60. The van der Waals surface area contributed by atoms with E-state index in [2.05, 4.69) is 6.08 Å². The van der Waals surface area contributed by atoms with Gasteiger partial charge in [-0.2, -0.15) is 0 Å². The second-order valence-corrected chi connectivity index (χ2v) is 5.54. The monoisotopic (exact) mass is 259 g/mol. The second-order valence-electron chi connectivity index (χ2n) is 5.54. The lowest BCUT2D eigenvalue weighted by Gasteiger charge is -2.55. The molecule has 1 aromatic carbocycles. The van der Waals surface area contributed by atoms with E-state index in [9.17, 15) is 4.79 Å². The number of benzene rings is 1. The van der Waals surface area contributed by atoms with Crippen molar-refractivity contribution in [1.82, 2.24) is 4.90 Å². The van der Waals surface area contributed by atoms with Crippen LogP contribution in [0.15, 0.2) is 29.8 Å². The van der Waals surface area contributed by atoms with Gasteiger partial charge in [-0.15, -0.1) is 0 Å². The fraction of sp³-hybridized carbons (Fsp3) is 0.400. The molecule has 1 amide bonds. The number of ether oxygens (including phenoxy) is 1. The minimum absolute atomic E-state index is 0.228. The third-order valence-electron chi connectivity index (χ3n) is 4.03. The Kier molecular flexibility index (Phi) is 2.73. The van der Waals surface area contributed by atoms with Crippen molar-refractivity contribution in [1.29, 1.82) is 0 Å². The van der Waals surface area contributed by atoms with Gasteiger partial charge in [-0.3, -0.25) is 0 Å². The number of nitrogens with zero attached hydrogens (tertiary/aromatic N) is 1. The van der Waals surface area contributed by atoms with Crippen molar-refractivity contribution in [2.24, 2.45) is 5.41 Å². The Morgan fingerprint density at radius 2 is 2.05 bits per heavy atom. The van der Waals surface area contributed by atoms with E-state index in [0.717, 1.165) is 24.2 Å². The molecule has 2 aliphatic rings. The highest BCUT2D eigenvalue weighted by molar-refractivity contribution is 5.67. The molecule has 4 nitrogen and oxygen atoms in total. The molecule has 1 heterocycles. The summed E-state index contributed by atoms with van der Waals surface area (Å²) in [6.45, 7) is 1.37. The molecule has 1 spiro atoms. The van der Waals surface area contributed by atoms with Gasteiger partial charge in [-0.05, 0) is 18.9 Å². The molecular formula is C15H17NO3. The molecule has 0 atom stereocenters. The van der Waals surface area contributed by atoms with Crippen molar-refractivity contribution in [2.75, 3.05) is 20.2 Å². The van der Waals surface area contributed by atoms with Crippen LogP contribution in [0.3, 0.4) is 0 Å². The van der Waals surface area contributed by atoms with Crippen molar-refractivity contribution in [3.8, 4) is 5.75 Å². The highest BCUT2D eigenvalue weighted by atomic mass is 16.5. The van der Waals surface area contributed by atoms with Crippen molar-refractivity contribution < 1.29 is 14.6 Å². The molecule has 3 rings (SSSR count). The maximum absolute atomic E-state index is 10.8. The van der Waals surface area contributed by atoms with Crippen LogP contribution in [-0.4, -0.2) is 36.3 Å². The molecule has 1 aliphatic heterocycles. The summed E-state index contributed by atoms with van der Waals surface area (Å²) in [6, 6.07) is 7.95. The normalized spacial score (nSPS) is 19.6. The number of rotatable bonds is 2. The zero-order valence-electron chi connectivity index (χ0n) is 10.9. The molecule has 4 heteroatoms. The summed E-state index contributed by atoms with van der Waals surface area (Å²) < 4.78 is 5.33. The number of allylic oxidation sites excluding steroid dienone is 1. The highest BCUT2D eigenvalue weighted by Crippen LogP contribution is 2.52. The Balaban J connectivity index is 1.65. The second kappa shape index (κ2) is 4.30. The van der Waals surface area contributed by atoms with Crippen LogP contribution in [0.5, 0.6) is 5.75 Å². The van der Waals surface area contributed by atoms with Crippen LogP contribution in [0.4, 0.5) is 4.79 Å². The summed E-state index contributed by atoms with van der Waals surface area (Å²) in [6.07, 6.45) is 3.39. The molecule has 0 unspecified atom stereocenters. The third-order valence-corrected chi connectivity index (χ3v) is 4.03. The van der Waals surface area contributed by atoms with Crippen LogP contribution in [0.25, 0.3) is 6.08 Å². The lowest BCUT2D eigenvalue weighted by Crippen LogP contribution is -2.61. The molecule has 1 aromatic rings. The molecule has 0 bridgehead atoms. The standard InChI is InChI=1S/C15H17NO3/c1-19-13-5-3-2-4-12(13)6-11-7-15(8-11)9-16(10-15)14(17)18/h2-6H,7-10H2,1H3,(H,17,18). The van der Waals surface area contributed by atoms with Crippen LogP contribution in [0.1, 0.15) is 18.4 Å². The summed E-state index contributed by atoms with van der Waals surface area (Å²) in [5.74, 6) is 0.886. The number of methoxy groups -OCH3 is 1. The first kappa shape index (κ1) is 12.1. The van der Waals surface area contributed by atoms with E-state index in [1.54, 1.807) is 7.11 Å². The number of carboxylic acid groups (broad SMARTS) is 1. The predicted molar refractivity (Wildman–Crippen MR) is 72.2 cm³/mol. The largest absolute Gasteiger partial charge is 0.496 e. The van der Waals surface area contributed by atoms with Gasteiger partial charge >= 0.3 is 6.09 Å². The molecule has 1 saturated heterocycles. The number of carbonyl (C=O) groups is 1. The number of hydrogen-bond acceptors (Lipinski definition) is 2.